The van der Waals surface area contributed by atoms with Gasteiger partial charge in [-0.2, -0.15) is 0 Å². The van der Waals surface area contributed by atoms with Crippen molar-refractivity contribution in [3.8, 4) is 0 Å². The molecule has 0 atom stereocenters. The van der Waals surface area contributed by atoms with E-state index < -0.39 is 21.1 Å². The minimum Gasteiger partial charge on any atom is -0.602 e. The van der Waals surface area contributed by atoms with E-state index in [1.54, 1.807) is 6.92 Å². The number of carbonyl (C=O) groups excluding carboxylic acids is 1. The Kier molecular flexibility index (Phi) is 9.98. The van der Waals surface area contributed by atoms with Crippen LogP contribution < -0.4 is 0 Å². The summed E-state index contributed by atoms with van der Waals surface area (Å²) in [6, 6.07) is 0. The fourth-order valence-electron chi connectivity index (χ4n) is 1.19. The molecule has 0 heterocycles. The van der Waals surface area contributed by atoms with E-state index in [1.165, 1.54) is 6.08 Å². The van der Waals surface area contributed by atoms with Gasteiger partial charge in [-0.25, -0.2) is 4.79 Å². The Bertz CT molecular complexity index is 279. The summed E-state index contributed by atoms with van der Waals surface area (Å²) in [4.78, 5) is 11.4. The zero-order chi connectivity index (χ0) is 14.8. The first kappa shape index (κ1) is 18.5. The summed E-state index contributed by atoms with van der Waals surface area (Å²) < 4.78 is 21.8. The normalized spacial score (nSPS) is 11.9. The lowest BCUT2D eigenvalue weighted by Gasteiger charge is -2.19. The Hall–Kier alpha value is -0.538. The van der Waals surface area contributed by atoms with E-state index in [0.717, 1.165) is 0 Å². The van der Waals surface area contributed by atoms with Gasteiger partial charge in [0.2, 0.25) is 0 Å². The predicted octanol–water partition coefficient (Wildman–Crippen LogP) is 2.69. The highest BCUT2D eigenvalue weighted by atomic mass is 27.3. The second-order valence-corrected chi connectivity index (χ2v) is 5.85. The Morgan fingerprint density at radius 1 is 1.11 bits per heavy atom. The van der Waals surface area contributed by atoms with Gasteiger partial charge in [0.05, 0.1) is 18.4 Å². The number of allylic oxidation sites excluding steroid dienone is 1. The van der Waals surface area contributed by atoms with E-state index in [2.05, 4.69) is 0 Å². The van der Waals surface area contributed by atoms with Gasteiger partial charge in [-0.3, -0.25) is 0 Å². The summed E-state index contributed by atoms with van der Waals surface area (Å²) in [5, 5.41) is 0. The van der Waals surface area contributed by atoms with Crippen LogP contribution >= 0.6 is 0 Å². The first-order valence-electron chi connectivity index (χ1n) is 6.73. The van der Waals surface area contributed by atoms with Crippen molar-refractivity contribution in [3.05, 3.63) is 11.8 Å². The third kappa shape index (κ3) is 9.97. The highest BCUT2D eigenvalue weighted by Crippen LogP contribution is 2.10. The van der Waals surface area contributed by atoms with Crippen molar-refractivity contribution in [1.82, 2.24) is 0 Å². The third-order valence-electron chi connectivity index (χ3n) is 1.93. The predicted molar refractivity (Wildman–Crippen MR) is 74.3 cm³/mol. The van der Waals surface area contributed by atoms with Crippen molar-refractivity contribution >= 4 is 21.1 Å². The summed E-state index contributed by atoms with van der Waals surface area (Å²) in [5.41, 5.74) is 0. The third-order valence-corrected chi connectivity index (χ3v) is 3.96. The Labute approximate surface area is 121 Å². The zero-order valence-corrected chi connectivity index (χ0v) is 13.9. The fraction of sp³-hybridized carbons (Fsp3) is 0.769. The van der Waals surface area contributed by atoms with Crippen LogP contribution in [-0.4, -0.2) is 39.9 Å². The standard InChI is InChI=1S/C7H12O3.2C3H7O.Al/c1-3-6(8)5-7(9)10-4-2;2*1-3(2)4;/h5,8H,3-4H2,1-2H3;2*3H,1-2H3;/q;2*-1;+3/p-1. The van der Waals surface area contributed by atoms with Gasteiger partial charge >= 0.3 is 21.1 Å². The first-order valence-corrected chi connectivity index (χ1v) is 8.15. The minimum absolute atomic E-state index is 0.0242. The van der Waals surface area contributed by atoms with E-state index in [9.17, 15) is 4.79 Å². The topological polar surface area (TPSA) is 54.0 Å². The van der Waals surface area contributed by atoms with Crippen LogP contribution in [0, 0.1) is 0 Å². The molecule has 0 radical (unpaired) electrons. The van der Waals surface area contributed by atoms with Crippen LogP contribution in [0.15, 0.2) is 11.8 Å². The largest absolute Gasteiger partial charge is 1.00 e. The molecular formula is C13H25AlO5. The lowest BCUT2D eigenvalue weighted by Crippen LogP contribution is -2.32. The first-order chi connectivity index (χ1) is 8.88. The van der Waals surface area contributed by atoms with Crippen LogP contribution in [0.4, 0.5) is 0 Å². The van der Waals surface area contributed by atoms with E-state index in [4.69, 9.17) is 16.1 Å². The Morgan fingerprint density at radius 3 is 2.00 bits per heavy atom. The number of ether oxygens (including phenoxy) is 1. The van der Waals surface area contributed by atoms with Crippen molar-refractivity contribution < 1.29 is 20.9 Å². The summed E-state index contributed by atoms with van der Waals surface area (Å²) in [6.45, 7) is 11.7. The van der Waals surface area contributed by atoms with Gasteiger partial charge in [-0.15, -0.1) is 0 Å². The summed E-state index contributed by atoms with van der Waals surface area (Å²) in [6.07, 6.45) is 1.99. The lowest BCUT2D eigenvalue weighted by atomic mass is 10.4. The van der Waals surface area contributed by atoms with Crippen LogP contribution in [0.3, 0.4) is 0 Å². The molecule has 0 bridgehead atoms. The molecule has 0 unspecified atom stereocenters. The average molecular weight is 288 g/mol. The lowest BCUT2D eigenvalue weighted by molar-refractivity contribution is -0.137. The van der Waals surface area contributed by atoms with Crippen molar-refractivity contribution in [2.75, 3.05) is 6.61 Å². The molecule has 0 N–H and O–H groups in total. The Balaban J connectivity index is 4.62. The maximum Gasteiger partial charge on any atom is 1.00 e. The maximum atomic E-state index is 11.4. The Morgan fingerprint density at radius 2 is 1.63 bits per heavy atom. The summed E-state index contributed by atoms with van der Waals surface area (Å²) in [5.74, 6) is 0.137. The van der Waals surface area contributed by atoms with E-state index in [1.807, 2.05) is 34.6 Å². The highest BCUT2D eigenvalue weighted by molar-refractivity contribution is 6.37. The zero-order valence-electron chi connectivity index (χ0n) is 12.8. The smallest absolute Gasteiger partial charge is 0.602 e. The maximum absolute atomic E-state index is 11.4. The molecule has 0 aliphatic heterocycles. The van der Waals surface area contributed by atoms with Gasteiger partial charge in [-0.05, 0) is 41.0 Å². The molecule has 0 saturated heterocycles. The quantitative estimate of drug-likeness (QED) is 0.282. The second kappa shape index (κ2) is 10.3. The second-order valence-electron chi connectivity index (χ2n) is 4.49. The van der Waals surface area contributed by atoms with Crippen LogP contribution in [0.5, 0.6) is 0 Å². The molecule has 0 aliphatic rings. The van der Waals surface area contributed by atoms with Crippen LogP contribution in [0.2, 0.25) is 0 Å². The van der Waals surface area contributed by atoms with E-state index in [0.29, 0.717) is 18.8 Å². The number of hydrogen-bond donors (Lipinski definition) is 0. The summed E-state index contributed by atoms with van der Waals surface area (Å²) in [7, 11) is 0. The molecule has 0 amide bonds. The van der Waals surface area contributed by atoms with E-state index >= 15 is 0 Å². The molecule has 110 valence electrons. The van der Waals surface area contributed by atoms with Gasteiger partial charge < -0.3 is 16.1 Å². The number of carbonyl (C=O) groups is 1. The SMILES string of the molecule is CCOC(=O)C=C(CC)[O][Al]([O]C(C)C)[O]C(C)C. The van der Waals surface area contributed by atoms with Gasteiger partial charge in [0, 0.05) is 12.2 Å². The molecule has 19 heavy (non-hydrogen) atoms. The highest BCUT2D eigenvalue weighted by Gasteiger charge is 2.37. The van der Waals surface area contributed by atoms with Crippen molar-refractivity contribution in [2.24, 2.45) is 0 Å². The van der Waals surface area contributed by atoms with Crippen molar-refractivity contribution in [1.29, 1.82) is 0 Å². The fourth-order valence-corrected chi connectivity index (χ4v) is 2.74. The molecule has 0 aromatic heterocycles. The molecule has 0 saturated carbocycles. The number of esters is 1. The molecule has 5 nitrogen and oxygen atoms in total. The molecule has 0 aromatic carbocycles. The number of hydrogen-bond acceptors (Lipinski definition) is 5. The molecule has 0 rings (SSSR count). The molecule has 6 heteroatoms. The molecule has 0 fully saturated rings. The van der Waals surface area contributed by atoms with Crippen LogP contribution in [0.1, 0.15) is 48.0 Å². The van der Waals surface area contributed by atoms with Gasteiger partial charge in [0.15, 0.2) is 0 Å². The van der Waals surface area contributed by atoms with Crippen molar-refractivity contribution in [3.63, 3.8) is 0 Å². The monoisotopic (exact) mass is 288 g/mol. The van der Waals surface area contributed by atoms with Crippen molar-refractivity contribution in [2.45, 2.75) is 60.2 Å². The minimum atomic E-state index is -2.28. The van der Waals surface area contributed by atoms with E-state index in [-0.39, 0.29) is 12.2 Å². The van der Waals surface area contributed by atoms with Gasteiger partial charge in [0.25, 0.3) is 0 Å². The van der Waals surface area contributed by atoms with Crippen LogP contribution in [-0.2, 0) is 20.9 Å². The summed E-state index contributed by atoms with van der Waals surface area (Å²) >= 11 is -2.28. The van der Waals surface area contributed by atoms with Gasteiger partial charge in [-0.1, -0.05) is 6.92 Å². The number of rotatable bonds is 9. The van der Waals surface area contributed by atoms with Gasteiger partial charge in [0.1, 0.15) is 0 Å². The molecule has 0 aromatic rings. The molecule has 0 spiro atoms. The molecular weight excluding hydrogens is 263 g/mol. The van der Waals surface area contributed by atoms with Crippen LogP contribution in [0.25, 0.3) is 0 Å². The molecule has 0 aliphatic carbocycles. The average Bonchev–Trinajstić information content (AvgIpc) is 2.26.